The van der Waals surface area contributed by atoms with Gasteiger partial charge in [-0.3, -0.25) is 0 Å². The van der Waals surface area contributed by atoms with Crippen LogP contribution in [0.15, 0.2) is 24.8 Å². The summed E-state index contributed by atoms with van der Waals surface area (Å²) >= 11 is 3.92. The predicted molar refractivity (Wildman–Crippen MR) is 33.2 cm³/mol. The maximum atomic E-state index is 3.92. The largest absolute Gasteiger partial charge is 0.175 e. The molecule has 6 heavy (non-hydrogen) atoms. The van der Waals surface area contributed by atoms with Crippen LogP contribution in [0.25, 0.3) is 0 Å². The van der Waals surface area contributed by atoms with Crippen molar-refractivity contribution < 1.29 is 0 Å². The Morgan fingerprint density at radius 1 is 1.83 bits per heavy atom. The van der Waals surface area contributed by atoms with Gasteiger partial charge in [-0.1, -0.05) is 19.2 Å². The van der Waals surface area contributed by atoms with E-state index >= 15 is 0 Å². The van der Waals surface area contributed by atoms with E-state index in [2.05, 4.69) is 25.8 Å². The minimum Gasteiger partial charge on any atom is -0.175 e. The van der Waals surface area contributed by atoms with Crippen LogP contribution in [-0.4, -0.2) is 5.75 Å². The van der Waals surface area contributed by atoms with Gasteiger partial charge >= 0.3 is 0 Å². The van der Waals surface area contributed by atoms with Crippen LogP contribution in [0.2, 0.25) is 0 Å². The molecule has 0 saturated carbocycles. The van der Waals surface area contributed by atoms with Gasteiger partial charge in [0.1, 0.15) is 0 Å². The number of allylic oxidation sites excluding steroid dienone is 1. The van der Waals surface area contributed by atoms with Crippen molar-refractivity contribution in [3.05, 3.63) is 24.8 Å². The molecule has 0 saturated heterocycles. The zero-order valence-corrected chi connectivity index (χ0v) is 4.54. The monoisotopic (exact) mass is 100 g/mol. The summed E-state index contributed by atoms with van der Waals surface area (Å²) in [6, 6.07) is 0. The summed E-state index contributed by atoms with van der Waals surface area (Å²) in [7, 11) is 0. The van der Waals surface area contributed by atoms with Crippen molar-refractivity contribution in [3.8, 4) is 0 Å². The first-order valence-corrected chi connectivity index (χ1v) is 2.35. The smallest absolute Gasteiger partial charge is 0.0148 e. The Hall–Kier alpha value is -0.170. The Bertz CT molecular complexity index is 64.3. The second kappa shape index (κ2) is 3.04. The van der Waals surface area contributed by atoms with Crippen LogP contribution in [0.1, 0.15) is 0 Å². The molecule has 0 unspecified atom stereocenters. The molecule has 0 rings (SSSR count). The number of hydrogen-bond acceptors (Lipinski definition) is 1. The van der Waals surface area contributed by atoms with E-state index in [1.807, 2.05) is 0 Å². The van der Waals surface area contributed by atoms with Crippen LogP contribution in [0.3, 0.4) is 0 Å². The fourth-order valence-electron chi connectivity index (χ4n) is 0.0645. The van der Waals surface area contributed by atoms with Crippen molar-refractivity contribution in [2.75, 3.05) is 5.75 Å². The molecule has 0 aromatic rings. The van der Waals surface area contributed by atoms with Gasteiger partial charge in [0.25, 0.3) is 0 Å². The minimum absolute atomic E-state index is 0.712. The van der Waals surface area contributed by atoms with Crippen molar-refractivity contribution in [3.63, 3.8) is 0 Å². The molecule has 0 bridgehead atoms. The highest BCUT2D eigenvalue weighted by Gasteiger charge is 1.73. The topological polar surface area (TPSA) is 0 Å². The molecule has 0 N–H and O–H groups in total. The molecule has 0 fully saturated rings. The summed E-state index contributed by atoms with van der Waals surface area (Å²) < 4.78 is 0. The number of hydrogen-bond donors (Lipinski definition) is 1. The number of rotatable bonds is 2. The number of thiol groups is 1. The molecule has 0 heterocycles. The van der Waals surface area contributed by atoms with Crippen molar-refractivity contribution in [1.82, 2.24) is 0 Å². The van der Waals surface area contributed by atoms with Crippen LogP contribution < -0.4 is 0 Å². The highest BCUT2D eigenvalue weighted by Crippen LogP contribution is 1.90. The Balaban J connectivity index is 3.23. The standard InChI is InChI=1S/C5H8S/c1-3-5(2)4-6/h3,6H,1-2,4H2. The van der Waals surface area contributed by atoms with Gasteiger partial charge in [0.2, 0.25) is 0 Å². The molecule has 0 atom stereocenters. The molecule has 0 aliphatic carbocycles. The molecule has 0 nitrogen and oxygen atoms in total. The molecular formula is C5H8S. The maximum Gasteiger partial charge on any atom is 0.0148 e. The molecule has 34 valence electrons. The lowest BCUT2D eigenvalue weighted by Gasteiger charge is -1.82. The lowest BCUT2D eigenvalue weighted by atomic mass is 10.4. The van der Waals surface area contributed by atoms with E-state index < -0.39 is 0 Å². The normalized spacial score (nSPS) is 7.50. The van der Waals surface area contributed by atoms with E-state index in [9.17, 15) is 0 Å². The first kappa shape index (κ1) is 5.83. The Labute approximate surface area is 44.0 Å². The fraction of sp³-hybridized carbons (Fsp3) is 0.200. The third-order valence-electron chi connectivity index (χ3n) is 0.492. The van der Waals surface area contributed by atoms with Crippen LogP contribution in [0.4, 0.5) is 0 Å². The predicted octanol–water partition coefficient (Wildman–Crippen LogP) is 1.66. The Morgan fingerprint density at radius 3 is 2.33 bits per heavy atom. The van der Waals surface area contributed by atoms with E-state index in [0.717, 1.165) is 5.57 Å². The second-order valence-electron chi connectivity index (χ2n) is 1.02. The second-order valence-corrected chi connectivity index (χ2v) is 1.34. The molecule has 0 spiro atoms. The van der Waals surface area contributed by atoms with E-state index in [0.29, 0.717) is 5.75 Å². The molecule has 0 aromatic carbocycles. The average Bonchev–Trinajstić information content (AvgIpc) is 1.65. The van der Waals surface area contributed by atoms with E-state index in [1.54, 1.807) is 6.08 Å². The van der Waals surface area contributed by atoms with Gasteiger partial charge in [-0.15, -0.1) is 0 Å². The Morgan fingerprint density at radius 2 is 2.33 bits per heavy atom. The van der Waals surface area contributed by atoms with Gasteiger partial charge in [-0.25, -0.2) is 0 Å². The SMILES string of the molecule is C=CC(=C)CS. The highest BCUT2D eigenvalue weighted by molar-refractivity contribution is 7.80. The lowest BCUT2D eigenvalue weighted by Crippen LogP contribution is -1.69. The molecule has 0 amide bonds. The average molecular weight is 100 g/mol. The summed E-state index contributed by atoms with van der Waals surface area (Å²) in [5, 5.41) is 0. The van der Waals surface area contributed by atoms with Gasteiger partial charge in [-0.2, -0.15) is 12.6 Å². The first-order chi connectivity index (χ1) is 2.81. The Kier molecular flexibility index (Phi) is 2.95. The van der Waals surface area contributed by atoms with E-state index in [1.165, 1.54) is 0 Å². The third-order valence-corrected chi connectivity index (χ3v) is 0.898. The molecular weight excluding hydrogens is 92.1 g/mol. The first-order valence-electron chi connectivity index (χ1n) is 1.72. The van der Waals surface area contributed by atoms with Gasteiger partial charge in [0.15, 0.2) is 0 Å². The van der Waals surface area contributed by atoms with E-state index in [-0.39, 0.29) is 0 Å². The van der Waals surface area contributed by atoms with Gasteiger partial charge in [-0.05, 0) is 5.57 Å². The molecule has 1 heteroatoms. The van der Waals surface area contributed by atoms with Gasteiger partial charge in [0.05, 0.1) is 0 Å². The van der Waals surface area contributed by atoms with Crippen LogP contribution >= 0.6 is 12.6 Å². The van der Waals surface area contributed by atoms with Crippen molar-refractivity contribution >= 4 is 12.6 Å². The minimum atomic E-state index is 0.712. The zero-order chi connectivity index (χ0) is 4.99. The molecule has 0 radical (unpaired) electrons. The summed E-state index contributed by atoms with van der Waals surface area (Å²) in [5.41, 5.74) is 0.971. The molecule has 0 aromatic heterocycles. The zero-order valence-electron chi connectivity index (χ0n) is 3.65. The van der Waals surface area contributed by atoms with Crippen LogP contribution in [-0.2, 0) is 0 Å². The van der Waals surface area contributed by atoms with Crippen LogP contribution in [0, 0.1) is 0 Å². The van der Waals surface area contributed by atoms with Gasteiger partial charge < -0.3 is 0 Å². The fourth-order valence-corrected chi connectivity index (χ4v) is 0.194. The summed E-state index contributed by atoms with van der Waals surface area (Å²) in [6.45, 7) is 7.08. The maximum absolute atomic E-state index is 3.92. The summed E-state index contributed by atoms with van der Waals surface area (Å²) in [6.07, 6.45) is 1.70. The molecule has 0 aliphatic heterocycles. The van der Waals surface area contributed by atoms with Crippen molar-refractivity contribution in [2.24, 2.45) is 0 Å². The quantitative estimate of drug-likeness (QED) is 0.396. The van der Waals surface area contributed by atoms with Crippen molar-refractivity contribution in [2.45, 2.75) is 0 Å². The summed E-state index contributed by atoms with van der Waals surface area (Å²) in [5.74, 6) is 0.712. The highest BCUT2D eigenvalue weighted by atomic mass is 32.1. The summed E-state index contributed by atoms with van der Waals surface area (Å²) in [4.78, 5) is 0. The lowest BCUT2D eigenvalue weighted by molar-refractivity contribution is 1.61. The van der Waals surface area contributed by atoms with Crippen LogP contribution in [0.5, 0.6) is 0 Å². The van der Waals surface area contributed by atoms with E-state index in [4.69, 9.17) is 0 Å². The van der Waals surface area contributed by atoms with Gasteiger partial charge in [0, 0.05) is 5.75 Å². The third kappa shape index (κ3) is 2.09. The van der Waals surface area contributed by atoms with Crippen molar-refractivity contribution in [1.29, 1.82) is 0 Å². The molecule has 0 aliphatic rings.